The molecule has 23 heavy (non-hydrogen) atoms. The second kappa shape index (κ2) is 7.49. The van der Waals surface area contributed by atoms with Crippen LogP contribution in [-0.2, 0) is 14.4 Å². The fraction of sp³-hybridized carbons (Fsp3) is 0.571. The van der Waals surface area contributed by atoms with E-state index in [1.807, 2.05) is 0 Å². The Morgan fingerprint density at radius 1 is 1.52 bits per heavy atom. The van der Waals surface area contributed by atoms with E-state index in [-0.39, 0.29) is 24.3 Å². The largest absolute Gasteiger partial charge is 0.360 e. The van der Waals surface area contributed by atoms with Gasteiger partial charge in [-0.3, -0.25) is 14.4 Å². The number of hydrogen-bond donors (Lipinski definition) is 1. The standard InChI is InChI=1S/C14H20N4O4S/c1-4-13(20)18-8-23-7-10(18)14(21)17(3)6-12(19)15-11-5-9(2)22-16-11/h5,10H,4,6-8H2,1-3H3,(H,15,16,19). The van der Waals surface area contributed by atoms with Crippen LogP contribution in [0.25, 0.3) is 0 Å². The number of aryl methyl sites for hydroxylation is 1. The van der Waals surface area contributed by atoms with Gasteiger partial charge in [-0.05, 0) is 6.92 Å². The molecule has 3 amide bonds. The van der Waals surface area contributed by atoms with Gasteiger partial charge in [0.05, 0.1) is 12.4 Å². The molecule has 8 nitrogen and oxygen atoms in total. The van der Waals surface area contributed by atoms with Crippen LogP contribution in [0.2, 0.25) is 0 Å². The normalized spacial score (nSPS) is 17.2. The predicted molar refractivity (Wildman–Crippen MR) is 85.8 cm³/mol. The number of amides is 3. The third-order valence-electron chi connectivity index (χ3n) is 3.44. The minimum absolute atomic E-state index is 0.0516. The minimum atomic E-state index is -0.500. The van der Waals surface area contributed by atoms with Crippen molar-refractivity contribution in [3.63, 3.8) is 0 Å². The second-order valence-electron chi connectivity index (χ2n) is 5.30. The van der Waals surface area contributed by atoms with Gasteiger partial charge in [0.2, 0.25) is 17.7 Å². The van der Waals surface area contributed by atoms with Crippen molar-refractivity contribution in [1.29, 1.82) is 0 Å². The molecule has 0 bridgehead atoms. The molecule has 2 heterocycles. The summed E-state index contributed by atoms with van der Waals surface area (Å²) in [4.78, 5) is 39.2. The first-order valence-corrected chi connectivity index (χ1v) is 8.43. The lowest BCUT2D eigenvalue weighted by Gasteiger charge is -2.26. The molecule has 1 aromatic rings. The zero-order valence-electron chi connectivity index (χ0n) is 13.4. The second-order valence-corrected chi connectivity index (χ2v) is 6.30. The van der Waals surface area contributed by atoms with Crippen LogP contribution in [0, 0.1) is 6.92 Å². The molecule has 0 radical (unpaired) electrons. The van der Waals surface area contributed by atoms with Gasteiger partial charge in [-0.2, -0.15) is 0 Å². The molecule has 1 aliphatic heterocycles. The highest BCUT2D eigenvalue weighted by Crippen LogP contribution is 2.23. The monoisotopic (exact) mass is 340 g/mol. The Hall–Kier alpha value is -2.03. The molecule has 1 N–H and O–H groups in total. The quantitative estimate of drug-likeness (QED) is 0.847. The fourth-order valence-corrected chi connectivity index (χ4v) is 3.42. The van der Waals surface area contributed by atoms with E-state index in [1.165, 1.54) is 16.7 Å². The number of rotatable bonds is 5. The number of carbonyl (C=O) groups is 3. The Balaban J connectivity index is 1.91. The van der Waals surface area contributed by atoms with Crippen LogP contribution in [-0.4, -0.2) is 63.9 Å². The zero-order valence-corrected chi connectivity index (χ0v) is 14.2. The fourth-order valence-electron chi connectivity index (χ4n) is 2.25. The van der Waals surface area contributed by atoms with Crippen LogP contribution in [0.15, 0.2) is 10.6 Å². The van der Waals surface area contributed by atoms with Crippen LogP contribution in [0.1, 0.15) is 19.1 Å². The lowest BCUT2D eigenvalue weighted by molar-refractivity contribution is -0.143. The maximum absolute atomic E-state index is 12.5. The van der Waals surface area contributed by atoms with Crippen LogP contribution < -0.4 is 5.32 Å². The van der Waals surface area contributed by atoms with E-state index in [0.29, 0.717) is 29.6 Å². The number of aromatic nitrogens is 1. The molecular formula is C14H20N4O4S. The van der Waals surface area contributed by atoms with Gasteiger partial charge in [0.15, 0.2) is 5.82 Å². The summed E-state index contributed by atoms with van der Waals surface area (Å²) in [6.07, 6.45) is 0.361. The Labute approximate surface area is 138 Å². The number of hydrogen-bond acceptors (Lipinski definition) is 6. The number of nitrogens with one attached hydrogen (secondary N) is 1. The summed E-state index contributed by atoms with van der Waals surface area (Å²) in [5.74, 6) is 1.31. The Morgan fingerprint density at radius 2 is 2.26 bits per heavy atom. The van der Waals surface area contributed by atoms with Gasteiger partial charge in [0.1, 0.15) is 11.8 Å². The molecule has 1 aromatic heterocycles. The Morgan fingerprint density at radius 3 is 2.87 bits per heavy atom. The summed E-state index contributed by atoms with van der Waals surface area (Å²) < 4.78 is 4.86. The molecule has 1 saturated heterocycles. The molecule has 0 aromatic carbocycles. The van der Waals surface area contributed by atoms with E-state index >= 15 is 0 Å². The van der Waals surface area contributed by atoms with E-state index in [0.717, 1.165) is 0 Å². The summed E-state index contributed by atoms with van der Waals surface area (Å²) in [6.45, 7) is 3.37. The molecular weight excluding hydrogens is 320 g/mol. The molecule has 0 spiro atoms. The molecule has 1 unspecified atom stereocenters. The van der Waals surface area contributed by atoms with Crippen molar-refractivity contribution in [2.75, 3.05) is 30.5 Å². The zero-order chi connectivity index (χ0) is 17.0. The molecule has 1 aliphatic rings. The molecule has 0 aliphatic carbocycles. The van der Waals surface area contributed by atoms with Crippen LogP contribution in [0.4, 0.5) is 5.82 Å². The molecule has 0 saturated carbocycles. The summed E-state index contributed by atoms with van der Waals surface area (Å²) in [5, 5.41) is 6.23. The van der Waals surface area contributed by atoms with Crippen LogP contribution in [0.5, 0.6) is 0 Å². The lowest BCUT2D eigenvalue weighted by atomic mass is 10.2. The molecule has 1 fully saturated rings. The highest BCUT2D eigenvalue weighted by Gasteiger charge is 2.35. The van der Waals surface area contributed by atoms with E-state index in [9.17, 15) is 14.4 Å². The summed E-state index contributed by atoms with van der Waals surface area (Å²) in [5.41, 5.74) is 0. The number of nitrogens with zero attached hydrogens (tertiary/aromatic N) is 3. The average Bonchev–Trinajstić information content (AvgIpc) is 3.14. The van der Waals surface area contributed by atoms with Crippen molar-refractivity contribution >= 4 is 35.3 Å². The molecule has 1 atom stereocenters. The SMILES string of the molecule is CCC(=O)N1CSCC1C(=O)N(C)CC(=O)Nc1cc(C)on1. The third kappa shape index (κ3) is 4.25. The number of thioether (sulfide) groups is 1. The number of anilines is 1. The Bertz CT molecular complexity index is 603. The Kier molecular flexibility index (Phi) is 5.64. The topological polar surface area (TPSA) is 95.8 Å². The minimum Gasteiger partial charge on any atom is -0.360 e. The predicted octanol–water partition coefficient (Wildman–Crippen LogP) is 0.691. The van der Waals surface area contributed by atoms with Crippen LogP contribution >= 0.6 is 11.8 Å². The van der Waals surface area contributed by atoms with Gasteiger partial charge >= 0.3 is 0 Å². The number of carbonyl (C=O) groups excluding carboxylic acids is 3. The highest BCUT2D eigenvalue weighted by atomic mass is 32.2. The van der Waals surface area contributed by atoms with Crippen LogP contribution in [0.3, 0.4) is 0 Å². The van der Waals surface area contributed by atoms with Gasteiger partial charge in [-0.1, -0.05) is 12.1 Å². The van der Waals surface area contributed by atoms with E-state index in [2.05, 4.69) is 10.5 Å². The van der Waals surface area contributed by atoms with Crippen molar-refractivity contribution in [2.24, 2.45) is 0 Å². The van der Waals surface area contributed by atoms with Gasteiger partial charge in [-0.25, -0.2) is 0 Å². The molecule has 126 valence electrons. The van der Waals surface area contributed by atoms with E-state index in [1.54, 1.807) is 31.9 Å². The maximum Gasteiger partial charge on any atom is 0.246 e. The van der Waals surface area contributed by atoms with Gasteiger partial charge in [-0.15, -0.1) is 11.8 Å². The van der Waals surface area contributed by atoms with E-state index in [4.69, 9.17) is 4.52 Å². The maximum atomic E-state index is 12.5. The van der Waals surface area contributed by atoms with Crippen molar-refractivity contribution in [2.45, 2.75) is 26.3 Å². The van der Waals surface area contributed by atoms with Crippen molar-refractivity contribution < 1.29 is 18.9 Å². The van der Waals surface area contributed by atoms with Gasteiger partial charge in [0.25, 0.3) is 0 Å². The van der Waals surface area contributed by atoms with E-state index < -0.39 is 6.04 Å². The third-order valence-corrected chi connectivity index (χ3v) is 4.45. The lowest BCUT2D eigenvalue weighted by Crippen LogP contribution is -2.49. The molecule has 2 rings (SSSR count). The van der Waals surface area contributed by atoms with Crippen molar-refractivity contribution in [3.8, 4) is 0 Å². The summed E-state index contributed by atoms with van der Waals surface area (Å²) in [7, 11) is 1.55. The number of likely N-dealkylation sites (N-methyl/N-ethyl adjacent to an activating group) is 1. The summed E-state index contributed by atoms with van der Waals surface area (Å²) >= 11 is 1.54. The smallest absolute Gasteiger partial charge is 0.246 e. The van der Waals surface area contributed by atoms with Gasteiger partial charge < -0.3 is 19.6 Å². The average molecular weight is 340 g/mol. The van der Waals surface area contributed by atoms with Crippen molar-refractivity contribution in [1.82, 2.24) is 15.0 Å². The summed E-state index contributed by atoms with van der Waals surface area (Å²) in [6, 6.07) is 1.09. The highest BCUT2D eigenvalue weighted by molar-refractivity contribution is 7.99. The molecule has 9 heteroatoms. The van der Waals surface area contributed by atoms with Gasteiger partial charge in [0, 0.05) is 25.3 Å². The first-order valence-electron chi connectivity index (χ1n) is 7.27. The first-order chi connectivity index (χ1) is 10.9. The first kappa shape index (κ1) is 17.3. The van der Waals surface area contributed by atoms with Crippen molar-refractivity contribution in [3.05, 3.63) is 11.8 Å².